The Morgan fingerprint density at radius 3 is 2.35 bits per heavy atom. The van der Waals surface area contributed by atoms with Gasteiger partial charge in [0.15, 0.2) is 11.5 Å². The van der Waals surface area contributed by atoms with Gasteiger partial charge in [-0.3, -0.25) is 9.59 Å². The van der Waals surface area contributed by atoms with E-state index < -0.39 is 11.9 Å². The van der Waals surface area contributed by atoms with E-state index in [0.717, 1.165) is 0 Å². The lowest BCUT2D eigenvalue weighted by Gasteiger charge is -2.21. The molecule has 0 aliphatic rings. The molecule has 3 aromatic carbocycles. The molecule has 2 N–H and O–H groups in total. The van der Waals surface area contributed by atoms with Crippen molar-refractivity contribution >= 4 is 16.9 Å². The second kappa shape index (κ2) is 10.7. The third-order valence-electron chi connectivity index (χ3n) is 6.03. The topological polar surface area (TPSA) is 115 Å². The number of fused-ring (bicyclic) bond motifs is 1. The lowest BCUT2D eigenvalue weighted by Crippen LogP contribution is -2.13. The van der Waals surface area contributed by atoms with Crippen LogP contribution in [0, 0.1) is 0 Å². The van der Waals surface area contributed by atoms with Crippen molar-refractivity contribution in [3.8, 4) is 34.1 Å². The van der Waals surface area contributed by atoms with E-state index >= 15 is 0 Å². The molecular formula is C29H28O8. The number of carbonyl (C=O) groups is 1. The van der Waals surface area contributed by atoms with Gasteiger partial charge in [-0.2, -0.15) is 0 Å². The van der Waals surface area contributed by atoms with E-state index in [-0.39, 0.29) is 46.0 Å². The summed E-state index contributed by atoms with van der Waals surface area (Å²) < 4.78 is 22.2. The Bertz CT molecular complexity index is 1480. The van der Waals surface area contributed by atoms with Gasteiger partial charge in [0.1, 0.15) is 23.3 Å². The maximum Gasteiger partial charge on any atom is 0.306 e. The normalized spacial score (nSPS) is 11.9. The molecule has 1 heterocycles. The molecule has 0 fully saturated rings. The number of phenolic OH excluding ortho intramolecular Hbond substituents is 2. The summed E-state index contributed by atoms with van der Waals surface area (Å²) in [6.07, 6.45) is 1.11. The lowest BCUT2D eigenvalue weighted by molar-refractivity contribution is -0.140. The van der Waals surface area contributed by atoms with E-state index in [9.17, 15) is 19.8 Å². The van der Waals surface area contributed by atoms with E-state index in [1.54, 1.807) is 30.3 Å². The summed E-state index contributed by atoms with van der Waals surface area (Å²) in [5.74, 6) is -0.302. The van der Waals surface area contributed by atoms with E-state index in [0.29, 0.717) is 28.2 Å². The number of methoxy groups -OCH3 is 2. The van der Waals surface area contributed by atoms with Crippen LogP contribution in [-0.2, 0) is 9.53 Å². The Balaban J connectivity index is 1.91. The van der Waals surface area contributed by atoms with Crippen molar-refractivity contribution in [1.29, 1.82) is 0 Å². The monoisotopic (exact) mass is 504 g/mol. The second-order valence-electron chi connectivity index (χ2n) is 8.81. The van der Waals surface area contributed by atoms with E-state index in [1.807, 2.05) is 13.8 Å². The molecule has 1 aromatic heterocycles. The summed E-state index contributed by atoms with van der Waals surface area (Å²) in [5.41, 5.74) is 1.61. The molecular weight excluding hydrogens is 476 g/mol. The molecule has 0 radical (unpaired) electrons. The van der Waals surface area contributed by atoms with Crippen LogP contribution in [0.25, 0.3) is 22.1 Å². The highest BCUT2D eigenvalue weighted by Crippen LogP contribution is 2.42. The number of carbonyl (C=O) groups excluding carboxylic acids is 1. The van der Waals surface area contributed by atoms with Crippen LogP contribution in [0.5, 0.6) is 23.0 Å². The number of esters is 1. The highest BCUT2D eigenvalue weighted by atomic mass is 16.5. The zero-order chi connectivity index (χ0) is 26.7. The third-order valence-corrected chi connectivity index (χ3v) is 6.03. The first-order chi connectivity index (χ1) is 17.7. The van der Waals surface area contributed by atoms with Crippen LogP contribution in [0.3, 0.4) is 0 Å². The minimum atomic E-state index is -0.721. The molecule has 8 nitrogen and oxygen atoms in total. The number of aromatic hydroxyl groups is 2. The smallest absolute Gasteiger partial charge is 0.306 e. The SMILES string of the molecule is COC(=O)C[C@@H](c1ccc(OC(C)C)c(OC)c1)c1c(O)ccc2c(=O)c(-c3ccc(O)cc3)coc12. The van der Waals surface area contributed by atoms with Gasteiger partial charge >= 0.3 is 5.97 Å². The van der Waals surface area contributed by atoms with Crippen LogP contribution < -0.4 is 14.9 Å². The number of hydrogen-bond acceptors (Lipinski definition) is 8. The van der Waals surface area contributed by atoms with Crippen molar-refractivity contribution in [1.82, 2.24) is 0 Å². The Kier molecular flexibility index (Phi) is 7.38. The van der Waals surface area contributed by atoms with Gasteiger partial charge < -0.3 is 28.8 Å². The van der Waals surface area contributed by atoms with Crippen LogP contribution in [0.15, 0.2) is 70.1 Å². The zero-order valence-electron chi connectivity index (χ0n) is 21.0. The van der Waals surface area contributed by atoms with Gasteiger partial charge in [0.25, 0.3) is 0 Å². The van der Waals surface area contributed by atoms with Gasteiger partial charge in [0, 0.05) is 11.5 Å². The summed E-state index contributed by atoms with van der Waals surface area (Å²) in [4.78, 5) is 25.9. The average Bonchev–Trinajstić information content (AvgIpc) is 2.88. The van der Waals surface area contributed by atoms with E-state index in [2.05, 4.69) is 0 Å². The molecule has 0 amide bonds. The van der Waals surface area contributed by atoms with E-state index in [4.69, 9.17) is 18.6 Å². The van der Waals surface area contributed by atoms with Crippen molar-refractivity contribution < 1.29 is 33.6 Å². The molecule has 37 heavy (non-hydrogen) atoms. The van der Waals surface area contributed by atoms with Gasteiger partial charge in [-0.25, -0.2) is 0 Å². The highest BCUT2D eigenvalue weighted by Gasteiger charge is 2.27. The van der Waals surface area contributed by atoms with Crippen LogP contribution in [0.1, 0.15) is 37.3 Å². The van der Waals surface area contributed by atoms with Crippen molar-refractivity contribution in [2.24, 2.45) is 0 Å². The quantitative estimate of drug-likeness (QED) is 0.308. The molecule has 4 rings (SSSR count). The Morgan fingerprint density at radius 1 is 0.973 bits per heavy atom. The molecule has 0 unspecified atom stereocenters. The van der Waals surface area contributed by atoms with E-state index in [1.165, 1.54) is 44.7 Å². The third kappa shape index (κ3) is 5.23. The fourth-order valence-corrected chi connectivity index (χ4v) is 4.28. The second-order valence-corrected chi connectivity index (χ2v) is 8.81. The predicted octanol–water partition coefficient (Wildman–Crippen LogP) is 5.36. The number of benzene rings is 3. The number of hydrogen-bond donors (Lipinski definition) is 2. The molecule has 0 bridgehead atoms. The lowest BCUT2D eigenvalue weighted by atomic mass is 9.86. The van der Waals surface area contributed by atoms with Gasteiger partial charge in [0.05, 0.1) is 37.7 Å². The largest absolute Gasteiger partial charge is 0.508 e. The molecule has 0 saturated heterocycles. The molecule has 0 saturated carbocycles. The van der Waals surface area contributed by atoms with Crippen molar-refractivity contribution in [3.63, 3.8) is 0 Å². The van der Waals surface area contributed by atoms with Gasteiger partial charge in [-0.05, 0) is 61.4 Å². The zero-order valence-corrected chi connectivity index (χ0v) is 21.0. The minimum Gasteiger partial charge on any atom is -0.508 e. The summed E-state index contributed by atoms with van der Waals surface area (Å²) in [5, 5.41) is 20.8. The van der Waals surface area contributed by atoms with Crippen LogP contribution >= 0.6 is 0 Å². The molecule has 0 aliphatic carbocycles. The predicted molar refractivity (Wildman–Crippen MR) is 138 cm³/mol. The van der Waals surface area contributed by atoms with Crippen LogP contribution in [0.4, 0.5) is 0 Å². The minimum absolute atomic E-state index is 0.0760. The molecule has 0 spiro atoms. The Hall–Kier alpha value is -4.46. The Morgan fingerprint density at radius 2 is 1.70 bits per heavy atom. The van der Waals surface area contributed by atoms with Crippen molar-refractivity contribution in [3.05, 3.63) is 82.2 Å². The van der Waals surface area contributed by atoms with Gasteiger partial charge in [0.2, 0.25) is 5.43 Å². The molecule has 0 aliphatic heterocycles. The summed E-state index contributed by atoms with van der Waals surface area (Å²) in [6, 6.07) is 14.3. The first-order valence-corrected chi connectivity index (χ1v) is 11.7. The fourth-order valence-electron chi connectivity index (χ4n) is 4.28. The number of rotatable bonds is 8. The number of ether oxygens (including phenoxy) is 3. The molecule has 8 heteroatoms. The standard InChI is InChI=1S/C29H28O8/c1-16(2)37-24-12-7-18(13-25(24)34-3)21(14-26(32)35-4)27-23(31)11-10-20-28(33)22(15-36-29(20)27)17-5-8-19(30)9-6-17/h5-13,15-16,21,30-31H,14H2,1-4H3/t21-/m0/s1. The van der Waals surface area contributed by atoms with Crippen molar-refractivity contribution in [2.45, 2.75) is 32.3 Å². The fraction of sp³-hybridized carbons (Fsp3) is 0.241. The summed E-state index contributed by atoms with van der Waals surface area (Å²) >= 11 is 0. The average molecular weight is 505 g/mol. The summed E-state index contributed by atoms with van der Waals surface area (Å²) in [7, 11) is 2.80. The van der Waals surface area contributed by atoms with Crippen LogP contribution in [-0.4, -0.2) is 36.5 Å². The van der Waals surface area contributed by atoms with Crippen LogP contribution in [0.2, 0.25) is 0 Å². The highest BCUT2D eigenvalue weighted by molar-refractivity contribution is 5.87. The summed E-state index contributed by atoms with van der Waals surface area (Å²) in [6.45, 7) is 3.80. The Labute approximate surface area is 213 Å². The first kappa shape index (κ1) is 25.6. The van der Waals surface area contributed by atoms with Gasteiger partial charge in [-0.1, -0.05) is 18.2 Å². The first-order valence-electron chi connectivity index (χ1n) is 11.7. The number of phenols is 2. The molecule has 1 atom stereocenters. The molecule has 192 valence electrons. The maximum atomic E-state index is 13.4. The molecule has 4 aromatic rings. The van der Waals surface area contributed by atoms with Crippen molar-refractivity contribution in [2.75, 3.05) is 14.2 Å². The maximum absolute atomic E-state index is 13.4. The van der Waals surface area contributed by atoms with Gasteiger partial charge in [-0.15, -0.1) is 0 Å².